The van der Waals surface area contributed by atoms with E-state index in [1.807, 2.05) is 40.8 Å². The van der Waals surface area contributed by atoms with Crippen LogP contribution in [0.3, 0.4) is 0 Å². The number of carbonyl (C=O) groups is 1. The molecular formula is C22H24N6O2. The number of imidazole rings is 1. The van der Waals surface area contributed by atoms with E-state index in [-0.39, 0.29) is 5.91 Å². The number of aromatic nitrogens is 3. The summed E-state index contributed by atoms with van der Waals surface area (Å²) in [7, 11) is 1.64. The molecule has 1 aliphatic heterocycles. The zero-order valence-electron chi connectivity index (χ0n) is 16.9. The molecule has 1 aliphatic rings. The maximum atomic E-state index is 12.7. The van der Waals surface area contributed by atoms with Gasteiger partial charge in [0.1, 0.15) is 5.65 Å². The van der Waals surface area contributed by atoms with Gasteiger partial charge >= 0.3 is 0 Å². The summed E-state index contributed by atoms with van der Waals surface area (Å²) in [4.78, 5) is 24.4. The second-order valence-electron chi connectivity index (χ2n) is 7.37. The van der Waals surface area contributed by atoms with Gasteiger partial charge in [0.15, 0.2) is 5.65 Å². The van der Waals surface area contributed by atoms with Gasteiger partial charge in [-0.05, 0) is 24.3 Å². The summed E-state index contributed by atoms with van der Waals surface area (Å²) in [6, 6.07) is 11.7. The van der Waals surface area contributed by atoms with Gasteiger partial charge in [0.05, 0.1) is 29.8 Å². The van der Waals surface area contributed by atoms with E-state index in [4.69, 9.17) is 9.72 Å². The minimum atomic E-state index is -0.166. The molecule has 0 atom stereocenters. The summed E-state index contributed by atoms with van der Waals surface area (Å²) in [5.41, 5.74) is 4.65. The van der Waals surface area contributed by atoms with Crippen molar-refractivity contribution in [1.29, 1.82) is 0 Å². The highest BCUT2D eigenvalue weighted by Crippen LogP contribution is 2.29. The van der Waals surface area contributed by atoms with Gasteiger partial charge in [0.2, 0.25) is 0 Å². The van der Waals surface area contributed by atoms with E-state index in [9.17, 15) is 4.79 Å². The lowest BCUT2D eigenvalue weighted by atomic mass is 10.1. The lowest BCUT2D eigenvalue weighted by molar-refractivity contribution is 0.0398. The molecule has 8 heteroatoms. The topological polar surface area (TPSA) is 83.8 Å². The van der Waals surface area contributed by atoms with Gasteiger partial charge in [-0.2, -0.15) is 0 Å². The number of ether oxygens (including phenoxy) is 1. The molecule has 1 saturated heterocycles. The molecule has 1 amide bonds. The molecule has 1 fully saturated rings. The molecule has 2 N–H and O–H groups in total. The Labute approximate surface area is 173 Å². The first kappa shape index (κ1) is 18.8. The van der Waals surface area contributed by atoms with E-state index < -0.39 is 0 Å². The summed E-state index contributed by atoms with van der Waals surface area (Å²) in [6.45, 7) is 5.24. The van der Waals surface area contributed by atoms with Crippen LogP contribution in [0, 0.1) is 0 Å². The standard InChI is InChI=1S/C22H24N6O2/c1-23-22(29)16-14-15-17(24-8-9-27-10-12-30-13-11-27)6-7-25-20(15)28-19-5-3-2-4-18(19)26-21(16)28/h2-7,14H,8-13H2,1H3,(H,23,29)(H,24,25). The fourth-order valence-corrected chi connectivity index (χ4v) is 4.04. The number of hydrogen-bond acceptors (Lipinski definition) is 6. The molecule has 0 aliphatic carbocycles. The third kappa shape index (κ3) is 3.24. The first-order chi connectivity index (χ1) is 14.8. The first-order valence-corrected chi connectivity index (χ1v) is 10.2. The molecule has 154 valence electrons. The van der Waals surface area contributed by atoms with Gasteiger partial charge in [-0.1, -0.05) is 12.1 Å². The number of nitrogens with zero attached hydrogens (tertiary/aromatic N) is 4. The van der Waals surface area contributed by atoms with Crippen molar-refractivity contribution >= 4 is 39.3 Å². The van der Waals surface area contributed by atoms with Crippen LogP contribution < -0.4 is 10.6 Å². The molecule has 0 radical (unpaired) electrons. The van der Waals surface area contributed by atoms with Crippen molar-refractivity contribution in [2.24, 2.45) is 0 Å². The van der Waals surface area contributed by atoms with Gasteiger partial charge in [-0.25, -0.2) is 9.97 Å². The molecular weight excluding hydrogens is 380 g/mol. The quantitative estimate of drug-likeness (QED) is 0.530. The molecule has 8 nitrogen and oxygen atoms in total. The summed E-state index contributed by atoms with van der Waals surface area (Å²) < 4.78 is 7.39. The average molecular weight is 404 g/mol. The van der Waals surface area contributed by atoms with Crippen LogP contribution >= 0.6 is 0 Å². The molecule has 5 rings (SSSR count). The molecule has 0 spiro atoms. The number of anilines is 1. The molecule has 4 aromatic rings. The van der Waals surface area contributed by atoms with Crippen molar-refractivity contribution in [2.75, 3.05) is 51.8 Å². The zero-order chi connectivity index (χ0) is 20.5. The Morgan fingerprint density at radius 1 is 1.17 bits per heavy atom. The van der Waals surface area contributed by atoms with Gasteiger partial charge in [0, 0.05) is 50.5 Å². The number of para-hydroxylation sites is 2. The monoisotopic (exact) mass is 404 g/mol. The Bertz CT molecular complexity index is 1230. The molecule has 0 saturated carbocycles. The van der Waals surface area contributed by atoms with Crippen LogP contribution in [-0.4, -0.2) is 71.6 Å². The maximum absolute atomic E-state index is 12.7. The van der Waals surface area contributed by atoms with Gasteiger partial charge in [-0.15, -0.1) is 0 Å². The first-order valence-electron chi connectivity index (χ1n) is 10.2. The van der Waals surface area contributed by atoms with Crippen LogP contribution in [0.4, 0.5) is 5.69 Å². The van der Waals surface area contributed by atoms with E-state index in [0.717, 1.165) is 67.1 Å². The average Bonchev–Trinajstić information content (AvgIpc) is 3.19. The Balaban J connectivity index is 1.60. The number of hydrogen-bond donors (Lipinski definition) is 2. The number of amides is 1. The minimum Gasteiger partial charge on any atom is -0.383 e. The summed E-state index contributed by atoms with van der Waals surface area (Å²) >= 11 is 0. The summed E-state index contributed by atoms with van der Waals surface area (Å²) in [5.74, 6) is -0.166. The molecule has 30 heavy (non-hydrogen) atoms. The number of rotatable bonds is 5. The maximum Gasteiger partial charge on any atom is 0.254 e. The highest BCUT2D eigenvalue weighted by Gasteiger charge is 2.19. The number of pyridine rings is 2. The van der Waals surface area contributed by atoms with Crippen molar-refractivity contribution in [2.45, 2.75) is 0 Å². The van der Waals surface area contributed by atoms with Crippen LogP contribution in [-0.2, 0) is 4.74 Å². The number of nitrogens with one attached hydrogen (secondary N) is 2. The lowest BCUT2D eigenvalue weighted by Gasteiger charge is -2.26. The van der Waals surface area contributed by atoms with Crippen molar-refractivity contribution in [3.8, 4) is 0 Å². The van der Waals surface area contributed by atoms with E-state index in [1.54, 1.807) is 13.2 Å². The number of benzene rings is 1. The fourth-order valence-electron chi connectivity index (χ4n) is 4.04. The minimum absolute atomic E-state index is 0.166. The number of morpholine rings is 1. The Hall–Kier alpha value is -3.23. The molecule has 1 aromatic carbocycles. The van der Waals surface area contributed by atoms with E-state index in [0.29, 0.717) is 11.2 Å². The van der Waals surface area contributed by atoms with E-state index in [2.05, 4.69) is 20.5 Å². The van der Waals surface area contributed by atoms with Crippen molar-refractivity contribution in [1.82, 2.24) is 24.6 Å². The summed E-state index contributed by atoms with van der Waals surface area (Å²) in [5, 5.41) is 7.17. The zero-order valence-corrected chi connectivity index (χ0v) is 16.9. The largest absolute Gasteiger partial charge is 0.383 e. The van der Waals surface area contributed by atoms with Crippen LogP contribution in [0.15, 0.2) is 42.6 Å². The Morgan fingerprint density at radius 2 is 2.00 bits per heavy atom. The predicted molar refractivity (Wildman–Crippen MR) is 117 cm³/mol. The second-order valence-corrected chi connectivity index (χ2v) is 7.37. The third-order valence-corrected chi connectivity index (χ3v) is 5.59. The molecule has 4 heterocycles. The molecule has 0 bridgehead atoms. The SMILES string of the molecule is CNC(=O)c1cc2c(NCCN3CCOCC3)ccnc2n2c1nc1ccccc12. The fraction of sp³-hybridized carbons (Fsp3) is 0.318. The number of carbonyl (C=O) groups excluding carboxylic acids is 1. The molecule has 0 unspecified atom stereocenters. The Kier molecular flexibility index (Phi) is 4.94. The van der Waals surface area contributed by atoms with E-state index in [1.165, 1.54) is 0 Å². The van der Waals surface area contributed by atoms with Crippen molar-refractivity contribution in [3.63, 3.8) is 0 Å². The van der Waals surface area contributed by atoms with Crippen LogP contribution in [0.5, 0.6) is 0 Å². The predicted octanol–water partition coefficient (Wildman–Crippen LogP) is 2.14. The lowest BCUT2D eigenvalue weighted by Crippen LogP contribution is -2.39. The smallest absolute Gasteiger partial charge is 0.254 e. The van der Waals surface area contributed by atoms with Crippen molar-refractivity contribution in [3.05, 3.63) is 48.2 Å². The highest BCUT2D eigenvalue weighted by atomic mass is 16.5. The molecule has 3 aromatic heterocycles. The summed E-state index contributed by atoms with van der Waals surface area (Å²) in [6.07, 6.45) is 1.80. The van der Waals surface area contributed by atoms with Gasteiger partial charge < -0.3 is 15.4 Å². The Morgan fingerprint density at radius 3 is 2.83 bits per heavy atom. The van der Waals surface area contributed by atoms with E-state index >= 15 is 0 Å². The van der Waals surface area contributed by atoms with Gasteiger partial charge in [-0.3, -0.25) is 14.1 Å². The highest BCUT2D eigenvalue weighted by molar-refractivity contribution is 6.07. The van der Waals surface area contributed by atoms with Crippen molar-refractivity contribution < 1.29 is 9.53 Å². The normalized spacial score (nSPS) is 15.1. The second kappa shape index (κ2) is 7.89. The van der Waals surface area contributed by atoms with Crippen LogP contribution in [0.25, 0.3) is 27.7 Å². The van der Waals surface area contributed by atoms with Crippen LogP contribution in [0.2, 0.25) is 0 Å². The van der Waals surface area contributed by atoms with Gasteiger partial charge in [0.25, 0.3) is 5.91 Å². The number of fused-ring (bicyclic) bond motifs is 5. The van der Waals surface area contributed by atoms with Crippen LogP contribution in [0.1, 0.15) is 10.4 Å². The third-order valence-electron chi connectivity index (χ3n) is 5.59.